The van der Waals surface area contributed by atoms with E-state index < -0.39 is 11.6 Å². The predicted molar refractivity (Wildman–Crippen MR) is 102 cm³/mol. The Morgan fingerprint density at radius 1 is 0.808 bits per heavy atom. The maximum atomic E-state index is 14.2. The van der Waals surface area contributed by atoms with Gasteiger partial charge in [0.15, 0.2) is 11.6 Å². The summed E-state index contributed by atoms with van der Waals surface area (Å²) in [5, 5.41) is 0. The van der Waals surface area contributed by atoms with Crippen molar-refractivity contribution >= 4 is 0 Å². The minimum atomic E-state index is -0.856. The van der Waals surface area contributed by atoms with E-state index in [1.165, 1.54) is 0 Å². The van der Waals surface area contributed by atoms with Crippen LogP contribution in [0.4, 0.5) is 8.78 Å². The van der Waals surface area contributed by atoms with Crippen LogP contribution in [0.15, 0.2) is 36.4 Å². The molecule has 0 aromatic heterocycles. The number of benzene rings is 2. The summed E-state index contributed by atoms with van der Waals surface area (Å²) >= 11 is 0. The molecule has 0 amide bonds. The smallest absolute Gasteiger partial charge is 0.174 e. The molecular formula is C23H26F2O. The number of rotatable bonds is 8. The third-order valence-electron chi connectivity index (χ3n) is 4.17. The zero-order chi connectivity index (χ0) is 18.8. The maximum absolute atomic E-state index is 14.2. The van der Waals surface area contributed by atoms with Gasteiger partial charge >= 0.3 is 0 Å². The average Bonchev–Trinajstić information content (AvgIpc) is 2.66. The van der Waals surface area contributed by atoms with Gasteiger partial charge in [0.25, 0.3) is 0 Å². The molecule has 2 aromatic rings. The summed E-state index contributed by atoms with van der Waals surface area (Å²) in [4.78, 5) is 0. The Kier molecular flexibility index (Phi) is 8.15. The fourth-order valence-corrected chi connectivity index (χ4v) is 2.55. The topological polar surface area (TPSA) is 9.23 Å². The lowest BCUT2D eigenvalue weighted by atomic mass is 10.0. The second-order valence-electron chi connectivity index (χ2n) is 6.33. The molecule has 0 unspecified atom stereocenters. The van der Waals surface area contributed by atoms with Crippen LogP contribution in [0.25, 0.3) is 0 Å². The second kappa shape index (κ2) is 10.6. The van der Waals surface area contributed by atoms with Gasteiger partial charge in [-0.2, -0.15) is 0 Å². The molecule has 2 rings (SSSR count). The summed E-state index contributed by atoms with van der Waals surface area (Å²) in [7, 11) is 0. The van der Waals surface area contributed by atoms with Crippen LogP contribution < -0.4 is 4.74 Å². The Hall–Kier alpha value is -2.34. The fraction of sp³-hybridized carbons (Fsp3) is 0.391. The van der Waals surface area contributed by atoms with Crippen LogP contribution in [0, 0.1) is 23.5 Å². The molecule has 0 aliphatic heterocycles. The molecule has 0 saturated carbocycles. The van der Waals surface area contributed by atoms with Crippen LogP contribution in [0.3, 0.4) is 0 Å². The first-order valence-electron chi connectivity index (χ1n) is 9.37. The van der Waals surface area contributed by atoms with E-state index in [2.05, 4.69) is 25.7 Å². The molecule has 0 fully saturated rings. The predicted octanol–water partition coefficient (Wildman–Crippen LogP) is 6.28. The Morgan fingerprint density at radius 3 is 2.23 bits per heavy atom. The maximum Gasteiger partial charge on any atom is 0.174 e. The summed E-state index contributed by atoms with van der Waals surface area (Å²) in [5.74, 6) is 4.78. The summed E-state index contributed by atoms with van der Waals surface area (Å²) in [6.45, 7) is 4.89. The molecule has 0 N–H and O–H groups in total. The van der Waals surface area contributed by atoms with E-state index >= 15 is 0 Å². The van der Waals surface area contributed by atoms with Crippen molar-refractivity contribution in [3.05, 3.63) is 64.7 Å². The Morgan fingerprint density at radius 2 is 1.54 bits per heavy atom. The number of hydrogen-bond acceptors (Lipinski definition) is 1. The standard InChI is InChI=1S/C23H26F2O/c1-3-5-7-8-19-13-14-20(23(25)22(19)24)12-9-18-10-15-21(16-11-18)26-17-6-4-2/h10-11,13-16H,3-8,17H2,1-2H3. The molecule has 2 aromatic carbocycles. The van der Waals surface area contributed by atoms with Crippen LogP contribution in [0.5, 0.6) is 5.75 Å². The van der Waals surface area contributed by atoms with Crippen molar-refractivity contribution in [2.24, 2.45) is 0 Å². The highest BCUT2D eigenvalue weighted by atomic mass is 19.2. The Bertz CT molecular complexity index is 754. The van der Waals surface area contributed by atoms with Crippen molar-refractivity contribution in [1.82, 2.24) is 0 Å². The van der Waals surface area contributed by atoms with Gasteiger partial charge in [-0.25, -0.2) is 8.78 Å². The van der Waals surface area contributed by atoms with Gasteiger partial charge in [0, 0.05) is 5.56 Å². The van der Waals surface area contributed by atoms with Crippen molar-refractivity contribution < 1.29 is 13.5 Å². The minimum Gasteiger partial charge on any atom is -0.494 e. The number of unbranched alkanes of at least 4 members (excludes halogenated alkanes) is 3. The molecule has 0 radical (unpaired) electrons. The first kappa shape index (κ1) is 20.0. The molecule has 1 nitrogen and oxygen atoms in total. The highest BCUT2D eigenvalue weighted by Crippen LogP contribution is 2.18. The third kappa shape index (κ3) is 5.88. The lowest BCUT2D eigenvalue weighted by Gasteiger charge is -2.05. The quantitative estimate of drug-likeness (QED) is 0.400. The van der Waals surface area contributed by atoms with Gasteiger partial charge in [0.1, 0.15) is 5.75 Å². The van der Waals surface area contributed by atoms with Gasteiger partial charge in [0.2, 0.25) is 0 Å². The van der Waals surface area contributed by atoms with Crippen molar-refractivity contribution in [2.75, 3.05) is 6.61 Å². The van der Waals surface area contributed by atoms with Crippen molar-refractivity contribution in [3.63, 3.8) is 0 Å². The average molecular weight is 356 g/mol. The van der Waals surface area contributed by atoms with Crippen molar-refractivity contribution in [2.45, 2.75) is 52.4 Å². The summed E-state index contributed by atoms with van der Waals surface area (Å²) < 4.78 is 34.0. The highest BCUT2D eigenvalue weighted by molar-refractivity contribution is 5.45. The molecule has 3 heteroatoms. The first-order valence-corrected chi connectivity index (χ1v) is 9.37. The molecule has 0 heterocycles. The van der Waals surface area contributed by atoms with Crippen molar-refractivity contribution in [1.29, 1.82) is 0 Å². The zero-order valence-corrected chi connectivity index (χ0v) is 15.6. The third-order valence-corrected chi connectivity index (χ3v) is 4.17. The molecule has 26 heavy (non-hydrogen) atoms. The van der Waals surface area contributed by atoms with E-state index in [1.54, 1.807) is 12.1 Å². The highest BCUT2D eigenvalue weighted by Gasteiger charge is 2.11. The Labute approximate surface area is 155 Å². The van der Waals surface area contributed by atoms with Crippen LogP contribution in [-0.2, 0) is 6.42 Å². The van der Waals surface area contributed by atoms with Gasteiger partial charge in [-0.15, -0.1) is 0 Å². The SMILES string of the molecule is CCCCCc1ccc(C#Cc2ccc(OCCCC)cc2)c(F)c1F. The van der Waals surface area contributed by atoms with E-state index in [4.69, 9.17) is 4.74 Å². The number of hydrogen-bond donors (Lipinski definition) is 0. The molecule has 0 aliphatic rings. The number of ether oxygens (including phenoxy) is 1. The summed E-state index contributed by atoms with van der Waals surface area (Å²) in [5.41, 5.74) is 1.25. The van der Waals surface area contributed by atoms with Crippen LogP contribution in [0.1, 0.15) is 62.6 Å². The van der Waals surface area contributed by atoms with Gasteiger partial charge in [-0.1, -0.05) is 51.0 Å². The largest absolute Gasteiger partial charge is 0.494 e. The molecule has 0 saturated heterocycles. The van der Waals surface area contributed by atoms with Crippen LogP contribution >= 0.6 is 0 Å². The normalized spacial score (nSPS) is 10.3. The van der Waals surface area contributed by atoms with Gasteiger partial charge < -0.3 is 4.74 Å². The fourth-order valence-electron chi connectivity index (χ4n) is 2.55. The van der Waals surface area contributed by atoms with Crippen molar-refractivity contribution in [3.8, 4) is 17.6 Å². The molecule has 0 aliphatic carbocycles. The van der Waals surface area contributed by atoms with Crippen LogP contribution in [0.2, 0.25) is 0 Å². The molecule has 0 atom stereocenters. The van der Waals surface area contributed by atoms with E-state index in [1.807, 2.05) is 24.3 Å². The summed E-state index contributed by atoms with van der Waals surface area (Å²) in [6.07, 6.45) is 5.59. The van der Waals surface area contributed by atoms with E-state index in [0.29, 0.717) is 18.6 Å². The van der Waals surface area contributed by atoms with Crippen LogP contribution in [-0.4, -0.2) is 6.61 Å². The minimum absolute atomic E-state index is 0.0880. The van der Waals surface area contributed by atoms with Gasteiger partial charge in [-0.05, 0) is 55.2 Å². The van der Waals surface area contributed by atoms with E-state index in [-0.39, 0.29) is 5.56 Å². The zero-order valence-electron chi connectivity index (χ0n) is 15.6. The first-order chi connectivity index (χ1) is 12.7. The molecule has 0 bridgehead atoms. The van der Waals surface area contributed by atoms with E-state index in [0.717, 1.165) is 43.4 Å². The number of halogens is 2. The molecule has 0 spiro atoms. The lowest BCUT2D eigenvalue weighted by molar-refractivity contribution is 0.309. The number of aryl methyl sites for hydroxylation is 1. The summed E-state index contributed by atoms with van der Waals surface area (Å²) in [6, 6.07) is 10.5. The van der Waals surface area contributed by atoms with Gasteiger partial charge in [-0.3, -0.25) is 0 Å². The molecular weight excluding hydrogens is 330 g/mol. The monoisotopic (exact) mass is 356 g/mol. The lowest BCUT2D eigenvalue weighted by Crippen LogP contribution is -1.98. The Balaban J connectivity index is 2.06. The second-order valence-corrected chi connectivity index (χ2v) is 6.33. The molecule has 138 valence electrons. The van der Waals surface area contributed by atoms with Gasteiger partial charge in [0.05, 0.1) is 12.2 Å². The van der Waals surface area contributed by atoms with E-state index in [9.17, 15) is 8.78 Å².